The van der Waals surface area contributed by atoms with Crippen molar-refractivity contribution in [2.45, 2.75) is 171 Å². The first-order chi connectivity index (χ1) is 41.5. The number of hydrogen-bond donors (Lipinski definition) is 13. The quantitative estimate of drug-likeness (QED) is 0.0279. The summed E-state index contributed by atoms with van der Waals surface area (Å²) in [5.41, 5.74) is 18.2. The number of amides is 10. The summed E-state index contributed by atoms with van der Waals surface area (Å²) in [4.78, 5) is 159. The first kappa shape index (κ1) is 70.3. The van der Waals surface area contributed by atoms with Crippen molar-refractivity contribution in [3.8, 4) is 0 Å². The lowest BCUT2D eigenvalue weighted by molar-refractivity contribution is -0.142. The number of carboxylic acid groups (broad SMARTS) is 1. The van der Waals surface area contributed by atoms with E-state index in [1.165, 1.54) is 26.5 Å². The predicted molar refractivity (Wildman–Crippen MR) is 331 cm³/mol. The number of benzene rings is 2. The molecule has 0 radical (unpaired) electrons. The SMILES string of the molecule is CC[C@H](C)[C@@H]1NC(=O)[C@H](Cc2ccccc2)NC(=O)[C@@H](Cc2ccccc2)NC(=O)CC2(CCCCC2)SSC[C@@H](C(=O)N2CCC[C@H]2C(=O)N[C@@H](CCCN=C(N)N)C(=O)NCC(=O)NCCN[C@H](C(=O)O)C(C)C)NC(=O)[C@H](CC(N)=O)NC1=O. The third kappa shape index (κ3) is 23.0. The molecule has 3 aliphatic rings. The number of nitrogens with two attached hydrogens (primary N) is 3. The van der Waals surface area contributed by atoms with Gasteiger partial charge in [-0.25, -0.2) is 0 Å². The van der Waals surface area contributed by atoms with Crippen molar-refractivity contribution in [3.63, 3.8) is 0 Å². The van der Waals surface area contributed by atoms with E-state index in [-0.39, 0.29) is 82.3 Å². The Morgan fingerprint density at radius 3 is 1.97 bits per heavy atom. The summed E-state index contributed by atoms with van der Waals surface area (Å²) >= 11 is 0. The average Bonchev–Trinajstić information content (AvgIpc) is 2.81. The number of carbonyl (C=O) groups excluding carboxylic acids is 10. The Hall–Kier alpha value is -7.46. The van der Waals surface area contributed by atoms with Gasteiger partial charge in [-0.05, 0) is 61.5 Å². The lowest BCUT2D eigenvalue weighted by Crippen LogP contribution is -2.62. The normalized spacial score (nSPS) is 22.6. The predicted octanol–water partition coefficient (Wildman–Crippen LogP) is -0.234. The second kappa shape index (κ2) is 35.4. The maximum Gasteiger partial charge on any atom is 0.320 e. The summed E-state index contributed by atoms with van der Waals surface area (Å²) in [5, 5.41) is 34.2. The van der Waals surface area contributed by atoms with Crippen LogP contribution in [-0.2, 0) is 65.6 Å². The Kier molecular flexibility index (Phi) is 28.6. The molecule has 3 fully saturated rings. The van der Waals surface area contributed by atoms with Crippen molar-refractivity contribution in [1.29, 1.82) is 0 Å². The molecule has 10 amide bonds. The van der Waals surface area contributed by atoms with E-state index in [1.54, 1.807) is 58.0 Å². The molecule has 1 spiro atoms. The molecule has 0 aromatic heterocycles. The van der Waals surface area contributed by atoms with Crippen LogP contribution in [0.2, 0.25) is 0 Å². The zero-order chi connectivity index (χ0) is 63.6. The Bertz CT molecular complexity index is 2720. The van der Waals surface area contributed by atoms with E-state index in [0.29, 0.717) is 31.2 Å². The highest BCUT2D eigenvalue weighted by Gasteiger charge is 2.43. The number of guanidine groups is 1. The van der Waals surface area contributed by atoms with Crippen molar-refractivity contribution in [2.24, 2.45) is 34.0 Å². The molecule has 2 saturated heterocycles. The van der Waals surface area contributed by atoms with Gasteiger partial charge in [0, 0.05) is 55.9 Å². The van der Waals surface area contributed by atoms with E-state index in [2.05, 4.69) is 52.8 Å². The minimum atomic E-state index is -1.67. The van der Waals surface area contributed by atoms with Crippen LogP contribution in [0.5, 0.6) is 0 Å². The Morgan fingerprint density at radius 2 is 1.37 bits per heavy atom. The van der Waals surface area contributed by atoms with Gasteiger partial charge in [-0.15, -0.1) is 0 Å². The van der Waals surface area contributed by atoms with Crippen molar-refractivity contribution >= 4 is 92.6 Å². The highest BCUT2D eigenvalue weighted by atomic mass is 33.1. The summed E-state index contributed by atoms with van der Waals surface area (Å²) in [7, 11) is 2.59. The molecular formula is C59H88N14O12S2. The van der Waals surface area contributed by atoms with Gasteiger partial charge < -0.3 is 75.1 Å². The number of aliphatic carboxylic acids is 1. The van der Waals surface area contributed by atoms with E-state index < -0.39 is 137 Å². The smallest absolute Gasteiger partial charge is 0.320 e. The second-order valence-corrected chi connectivity index (χ2v) is 25.6. The molecule has 9 atom stereocenters. The minimum absolute atomic E-state index is 0.00233. The van der Waals surface area contributed by atoms with Crippen molar-refractivity contribution in [1.82, 2.24) is 52.8 Å². The highest BCUT2D eigenvalue weighted by Crippen LogP contribution is 2.48. The number of hydrogen-bond acceptors (Lipinski definition) is 15. The fraction of sp³-hybridized carbons (Fsp3) is 0.593. The summed E-state index contributed by atoms with van der Waals surface area (Å²) in [6.07, 6.45) is 3.99. The summed E-state index contributed by atoms with van der Waals surface area (Å²) in [6, 6.07) is 7.92. The lowest BCUT2D eigenvalue weighted by Gasteiger charge is -2.37. The molecule has 2 aliphatic heterocycles. The van der Waals surface area contributed by atoms with Crippen LogP contribution in [-0.4, -0.2) is 173 Å². The third-order valence-corrected chi connectivity index (χ3v) is 18.9. The van der Waals surface area contributed by atoms with Crippen LogP contribution in [0.25, 0.3) is 0 Å². The fourth-order valence-electron chi connectivity index (χ4n) is 10.7. The zero-order valence-electron chi connectivity index (χ0n) is 50.1. The highest BCUT2D eigenvalue weighted by molar-refractivity contribution is 8.77. The average molecular weight is 1250 g/mol. The minimum Gasteiger partial charge on any atom is -0.480 e. The van der Waals surface area contributed by atoms with Crippen LogP contribution in [0.3, 0.4) is 0 Å². The van der Waals surface area contributed by atoms with E-state index >= 15 is 4.79 Å². The molecule has 26 nitrogen and oxygen atoms in total. The molecule has 2 aromatic rings. The molecule has 0 bridgehead atoms. The number of likely N-dealkylation sites (tertiary alicyclic amines) is 1. The van der Waals surface area contributed by atoms with E-state index in [9.17, 15) is 53.1 Å². The van der Waals surface area contributed by atoms with Crippen LogP contribution < -0.4 is 65.1 Å². The van der Waals surface area contributed by atoms with Crippen LogP contribution in [0.15, 0.2) is 65.7 Å². The molecule has 5 rings (SSSR count). The molecule has 478 valence electrons. The van der Waals surface area contributed by atoms with Gasteiger partial charge in [0.2, 0.25) is 59.1 Å². The van der Waals surface area contributed by atoms with Gasteiger partial charge in [-0.2, -0.15) is 0 Å². The maximum atomic E-state index is 15.1. The number of nitrogens with zero attached hydrogens (tertiary/aromatic N) is 2. The molecule has 28 heteroatoms. The number of carbonyl (C=O) groups is 11. The molecule has 0 unspecified atom stereocenters. The van der Waals surface area contributed by atoms with Crippen LogP contribution in [0.1, 0.15) is 116 Å². The lowest BCUT2D eigenvalue weighted by atomic mass is 9.85. The molecule has 1 aliphatic carbocycles. The van der Waals surface area contributed by atoms with Crippen molar-refractivity contribution < 1.29 is 57.8 Å². The van der Waals surface area contributed by atoms with Crippen molar-refractivity contribution in [2.75, 3.05) is 38.5 Å². The second-order valence-electron chi connectivity index (χ2n) is 22.8. The number of primary amides is 1. The number of carboxylic acids is 1. The van der Waals surface area contributed by atoms with Gasteiger partial charge in [0.05, 0.1) is 13.0 Å². The van der Waals surface area contributed by atoms with Crippen LogP contribution in [0.4, 0.5) is 0 Å². The van der Waals surface area contributed by atoms with Gasteiger partial charge in [-0.1, -0.05) is 136 Å². The molecule has 2 heterocycles. The summed E-state index contributed by atoms with van der Waals surface area (Å²) < 4.78 is -0.716. The molecular weight excluding hydrogens is 1160 g/mol. The summed E-state index contributed by atoms with van der Waals surface area (Å²) in [5.74, 6) is -9.54. The van der Waals surface area contributed by atoms with E-state index in [0.717, 1.165) is 24.8 Å². The van der Waals surface area contributed by atoms with E-state index in [1.807, 2.05) is 30.3 Å². The van der Waals surface area contributed by atoms with Gasteiger partial charge in [0.1, 0.15) is 48.3 Å². The number of aliphatic imine (C=N–C) groups is 1. The van der Waals surface area contributed by atoms with Gasteiger partial charge in [0.25, 0.3) is 0 Å². The third-order valence-electron chi connectivity index (χ3n) is 15.6. The molecule has 1 saturated carbocycles. The maximum absolute atomic E-state index is 15.1. The first-order valence-corrected chi connectivity index (χ1v) is 32.2. The topological polar surface area (TPSA) is 410 Å². The Morgan fingerprint density at radius 1 is 0.759 bits per heavy atom. The zero-order valence-corrected chi connectivity index (χ0v) is 51.7. The summed E-state index contributed by atoms with van der Waals surface area (Å²) in [6.45, 7) is 6.80. The fourth-order valence-corrected chi connectivity index (χ4v) is 14.0. The molecule has 2 aromatic carbocycles. The van der Waals surface area contributed by atoms with Gasteiger partial charge in [-0.3, -0.25) is 57.7 Å². The molecule has 16 N–H and O–H groups in total. The number of rotatable bonds is 24. The first-order valence-electron chi connectivity index (χ1n) is 29.8. The Labute approximate surface area is 515 Å². The van der Waals surface area contributed by atoms with Crippen LogP contribution >= 0.6 is 21.6 Å². The standard InChI is InChI=1S/C59H88N14O12S2/c1-5-36(4)49-55(82)70-42(31-45(60)74)52(79)71-43(56(83)73-28-16-22-44(73)54(81)68-39(21-15-25-65-58(61)62)50(77)66-33-47(76)63-26-27-64-48(35(2)3)57(84)85)34-86-87-59(23-13-8-14-24-59)32-46(75)67-40(29-37-17-9-6-10-18-37)51(78)69-41(53(80)72-49)30-38-19-11-7-12-20-38/h6-7,9-12,17-20,35-36,39-44,48-49,64H,5,8,13-16,21-34H2,1-4H3,(H2,60,74)(H,63,76)(H,66,77)(H,67,75)(H,68,81)(H,69,78)(H,70,82)(H,71,79)(H,72,80)(H,84,85)(H4,61,62,65)/t36-,39-,40+,41-,42-,43-,44-,48-,49-/m0/s1. The number of nitrogens with one attached hydrogen (secondary N) is 9. The largest absolute Gasteiger partial charge is 0.480 e. The Balaban J connectivity index is 1.46. The monoisotopic (exact) mass is 1250 g/mol. The van der Waals surface area contributed by atoms with Crippen molar-refractivity contribution in [3.05, 3.63) is 71.8 Å². The van der Waals surface area contributed by atoms with Gasteiger partial charge >= 0.3 is 5.97 Å². The van der Waals surface area contributed by atoms with E-state index in [4.69, 9.17) is 17.2 Å². The van der Waals surface area contributed by atoms with Crippen LogP contribution in [0, 0.1) is 11.8 Å². The molecule has 87 heavy (non-hydrogen) atoms. The van der Waals surface area contributed by atoms with Gasteiger partial charge in [0.15, 0.2) is 5.96 Å².